The molecule has 0 amide bonds. The highest BCUT2D eigenvalue weighted by molar-refractivity contribution is 5.99. The summed E-state index contributed by atoms with van der Waals surface area (Å²) < 4.78 is 6.87. The smallest absolute Gasteiger partial charge is 0.142 e. The molecule has 0 radical (unpaired) electrons. The Balaban J connectivity index is 1.13. The predicted molar refractivity (Wildman–Crippen MR) is 201 cm³/mol. The zero-order valence-electron chi connectivity index (χ0n) is 27.2. The van der Waals surface area contributed by atoms with Crippen molar-refractivity contribution in [2.75, 3.05) is 4.90 Å². The predicted octanol–water partition coefficient (Wildman–Crippen LogP) is 12.0. The maximum atomic E-state index is 6.87. The van der Waals surface area contributed by atoms with Gasteiger partial charge in [0, 0.05) is 33.5 Å². The van der Waals surface area contributed by atoms with Gasteiger partial charge in [0.2, 0.25) is 0 Å². The molecule has 48 heavy (non-hydrogen) atoms. The fourth-order valence-electron chi connectivity index (χ4n) is 8.13. The summed E-state index contributed by atoms with van der Waals surface area (Å²) in [5.41, 5.74) is 15.3. The van der Waals surface area contributed by atoms with Crippen LogP contribution in [0.2, 0.25) is 0 Å². The molecule has 1 aromatic heterocycles. The zero-order chi connectivity index (χ0) is 31.9. The highest BCUT2D eigenvalue weighted by atomic mass is 16.3. The monoisotopic (exact) mass is 621 g/mol. The Labute approximate surface area is 283 Å². The maximum Gasteiger partial charge on any atom is 0.142 e. The van der Waals surface area contributed by atoms with Crippen LogP contribution in [0.25, 0.3) is 33.2 Å². The molecule has 234 valence electrons. The van der Waals surface area contributed by atoms with Crippen LogP contribution in [0.4, 0.5) is 5.69 Å². The van der Waals surface area contributed by atoms with Crippen molar-refractivity contribution in [2.24, 2.45) is 0 Å². The topological polar surface area (TPSA) is 16.4 Å². The van der Waals surface area contributed by atoms with Gasteiger partial charge in [-0.3, -0.25) is 0 Å². The molecule has 0 saturated heterocycles. The number of allylic oxidation sites excluding steroid dienone is 8. The molecule has 5 aromatic rings. The number of rotatable bonds is 6. The van der Waals surface area contributed by atoms with E-state index in [-0.39, 0.29) is 6.04 Å². The first-order valence-electron chi connectivity index (χ1n) is 17.5. The second-order valence-corrected chi connectivity index (χ2v) is 13.3. The summed E-state index contributed by atoms with van der Waals surface area (Å²) in [4.78, 5) is 2.62. The summed E-state index contributed by atoms with van der Waals surface area (Å²) in [5.74, 6) is 1.03. The number of furan rings is 1. The van der Waals surface area contributed by atoms with Crippen molar-refractivity contribution in [1.29, 1.82) is 0 Å². The Kier molecular flexibility index (Phi) is 7.43. The third-order valence-corrected chi connectivity index (χ3v) is 10.4. The van der Waals surface area contributed by atoms with Gasteiger partial charge in [0.1, 0.15) is 11.3 Å². The Morgan fingerprint density at radius 2 is 1.44 bits per heavy atom. The Bertz CT molecular complexity index is 2200. The van der Waals surface area contributed by atoms with Crippen LogP contribution in [-0.4, -0.2) is 6.04 Å². The number of benzene rings is 4. The van der Waals surface area contributed by atoms with Crippen LogP contribution in [0.3, 0.4) is 0 Å². The first-order chi connectivity index (χ1) is 23.8. The highest BCUT2D eigenvalue weighted by Gasteiger charge is 2.29. The van der Waals surface area contributed by atoms with Gasteiger partial charge < -0.3 is 9.32 Å². The number of hydrogen-bond donors (Lipinski definition) is 0. The van der Waals surface area contributed by atoms with Crippen molar-refractivity contribution in [1.82, 2.24) is 0 Å². The van der Waals surface area contributed by atoms with Crippen molar-refractivity contribution in [3.8, 4) is 11.1 Å². The molecule has 0 N–H and O–H groups in total. The van der Waals surface area contributed by atoms with Crippen molar-refractivity contribution < 1.29 is 4.42 Å². The molecule has 9 rings (SSSR count). The molecule has 0 aliphatic heterocycles. The number of nitrogens with zero attached hydrogens (tertiary/aromatic N) is 1. The van der Waals surface area contributed by atoms with Gasteiger partial charge in [0.05, 0.1) is 6.04 Å². The van der Waals surface area contributed by atoms with Crippen LogP contribution >= 0.6 is 0 Å². The first kappa shape index (κ1) is 28.8. The molecule has 2 heteroatoms. The van der Waals surface area contributed by atoms with E-state index in [0.717, 1.165) is 61.9 Å². The quantitative estimate of drug-likeness (QED) is 0.188. The van der Waals surface area contributed by atoms with Gasteiger partial charge in [0.25, 0.3) is 0 Å². The second-order valence-electron chi connectivity index (χ2n) is 13.3. The lowest BCUT2D eigenvalue weighted by molar-refractivity contribution is 0.592. The molecule has 2 nitrogen and oxygen atoms in total. The first-order valence-corrected chi connectivity index (χ1v) is 17.5. The van der Waals surface area contributed by atoms with Gasteiger partial charge in [0.15, 0.2) is 0 Å². The fourth-order valence-corrected chi connectivity index (χ4v) is 8.13. The molecule has 0 saturated carbocycles. The van der Waals surface area contributed by atoms with Crippen molar-refractivity contribution in [3.05, 3.63) is 185 Å². The standard InChI is InChI=1S/C46H39NO/c1-3-13-32(14-4-1)33-27-29-37(30-28-33)47(44-26-10-18-34-17-7-8-21-39(34)44)38-20-9-19-36(31-38)41-23-12-25-43-42-24-11-22-40(45(42)48-46(41)43)35-15-5-2-6-16-35/h1-7,9,12-17,19-20,22-23,25-29,31,37H,8,10-11,18,21,24,30H2. The van der Waals surface area contributed by atoms with Gasteiger partial charge in [-0.25, -0.2) is 0 Å². The normalized spacial score (nSPS) is 18.6. The Morgan fingerprint density at radius 3 is 2.27 bits per heavy atom. The highest BCUT2D eigenvalue weighted by Crippen LogP contribution is 2.44. The van der Waals surface area contributed by atoms with Gasteiger partial charge >= 0.3 is 0 Å². The summed E-state index contributed by atoms with van der Waals surface area (Å²) >= 11 is 0. The summed E-state index contributed by atoms with van der Waals surface area (Å²) in [6.45, 7) is 0. The third-order valence-electron chi connectivity index (χ3n) is 10.4. The van der Waals surface area contributed by atoms with E-state index in [1.54, 1.807) is 0 Å². The molecule has 4 aliphatic carbocycles. The van der Waals surface area contributed by atoms with Gasteiger partial charge in [-0.2, -0.15) is 0 Å². The number of hydrogen-bond acceptors (Lipinski definition) is 2. The molecule has 0 bridgehead atoms. The second kappa shape index (κ2) is 12.4. The number of aryl methyl sites for hydroxylation is 1. The number of anilines is 1. The van der Waals surface area contributed by atoms with Crippen molar-refractivity contribution in [2.45, 2.75) is 51.0 Å². The summed E-state index contributed by atoms with van der Waals surface area (Å²) in [6.07, 6.45) is 24.1. The average molecular weight is 622 g/mol. The largest absolute Gasteiger partial charge is 0.455 e. The lowest BCUT2D eigenvalue weighted by Gasteiger charge is -2.38. The van der Waals surface area contributed by atoms with E-state index in [9.17, 15) is 0 Å². The number of fused-ring (bicyclic) bond motifs is 3. The van der Waals surface area contributed by atoms with E-state index in [4.69, 9.17) is 4.42 Å². The van der Waals surface area contributed by atoms with Crippen molar-refractivity contribution >= 4 is 27.8 Å². The summed E-state index contributed by atoms with van der Waals surface area (Å²) in [5, 5.41) is 1.24. The van der Waals surface area contributed by atoms with E-state index in [1.807, 2.05) is 0 Å². The van der Waals surface area contributed by atoms with E-state index in [1.165, 1.54) is 61.3 Å². The molecule has 1 heterocycles. The molecule has 1 unspecified atom stereocenters. The van der Waals surface area contributed by atoms with Gasteiger partial charge in [-0.15, -0.1) is 0 Å². The maximum absolute atomic E-state index is 6.87. The van der Waals surface area contributed by atoms with Crippen LogP contribution in [0, 0.1) is 0 Å². The average Bonchev–Trinajstić information content (AvgIpc) is 3.55. The molecule has 0 spiro atoms. The summed E-state index contributed by atoms with van der Waals surface area (Å²) in [6, 6.07) is 37.5. The van der Waals surface area contributed by atoms with Crippen molar-refractivity contribution in [3.63, 3.8) is 0 Å². The Morgan fingerprint density at radius 1 is 0.646 bits per heavy atom. The fraction of sp³-hybridized carbons (Fsp3) is 0.174. The zero-order valence-corrected chi connectivity index (χ0v) is 27.2. The minimum Gasteiger partial charge on any atom is -0.455 e. The molecular formula is C46H39NO. The van der Waals surface area contributed by atoms with E-state index >= 15 is 0 Å². The molecule has 4 aromatic carbocycles. The van der Waals surface area contributed by atoms with Gasteiger partial charge in [-0.05, 0) is 90.5 Å². The lowest BCUT2D eigenvalue weighted by Crippen LogP contribution is -2.35. The summed E-state index contributed by atoms with van der Waals surface area (Å²) in [7, 11) is 0. The molecule has 0 fully saturated rings. The van der Waals surface area contributed by atoms with Gasteiger partial charge in [-0.1, -0.05) is 134 Å². The van der Waals surface area contributed by atoms with E-state index < -0.39 is 0 Å². The molecule has 1 atom stereocenters. The van der Waals surface area contributed by atoms with E-state index in [2.05, 4.69) is 151 Å². The van der Waals surface area contributed by atoms with Crippen LogP contribution in [0.5, 0.6) is 0 Å². The SMILES string of the molecule is C1=CC2=C(CC1)C(N(c1cccc(-c3cccc4c5c(oc34)C(c3ccccc3)=CCC5)c1)C1C=CC(c3ccccc3)=CC1)=CCC2. The third kappa shape index (κ3) is 5.13. The van der Waals surface area contributed by atoms with Crippen LogP contribution in [-0.2, 0) is 6.42 Å². The lowest BCUT2D eigenvalue weighted by atomic mass is 9.86. The Hall–Kier alpha value is -5.34. The minimum atomic E-state index is 0.224. The van der Waals surface area contributed by atoms with E-state index in [0.29, 0.717) is 0 Å². The number of para-hydroxylation sites is 1. The molecule has 4 aliphatic rings. The van der Waals surface area contributed by atoms with Crippen LogP contribution in [0.15, 0.2) is 167 Å². The van der Waals surface area contributed by atoms with Crippen LogP contribution in [0.1, 0.15) is 61.0 Å². The van der Waals surface area contributed by atoms with Crippen LogP contribution < -0.4 is 4.90 Å². The minimum absolute atomic E-state index is 0.224. The molecular weight excluding hydrogens is 583 g/mol.